The maximum atomic E-state index is 11.5. The van der Waals surface area contributed by atoms with Crippen LogP contribution in [0.25, 0.3) is 0 Å². The SMILES string of the molecule is CC(=O)N(CCC(N)=S)CCC1=CCCCC1. The molecule has 0 aromatic rings. The predicted molar refractivity (Wildman–Crippen MR) is 74.8 cm³/mol. The number of nitrogens with two attached hydrogens (primary N) is 1. The fourth-order valence-electron chi connectivity index (χ4n) is 2.08. The lowest BCUT2D eigenvalue weighted by atomic mass is 9.97. The van der Waals surface area contributed by atoms with Crippen molar-refractivity contribution in [1.29, 1.82) is 0 Å². The lowest BCUT2D eigenvalue weighted by molar-refractivity contribution is -0.128. The Kier molecular flexibility index (Phi) is 6.19. The van der Waals surface area contributed by atoms with Crippen LogP contribution in [-0.4, -0.2) is 28.9 Å². The van der Waals surface area contributed by atoms with Gasteiger partial charge in [-0.25, -0.2) is 0 Å². The fourth-order valence-corrected chi connectivity index (χ4v) is 2.17. The Balaban J connectivity index is 2.35. The van der Waals surface area contributed by atoms with Crippen LogP contribution in [0.4, 0.5) is 0 Å². The molecule has 0 aliphatic heterocycles. The van der Waals surface area contributed by atoms with E-state index in [0.29, 0.717) is 18.0 Å². The Labute approximate surface area is 109 Å². The molecule has 3 nitrogen and oxygen atoms in total. The molecule has 4 heteroatoms. The highest BCUT2D eigenvalue weighted by atomic mass is 32.1. The zero-order valence-electron chi connectivity index (χ0n) is 10.6. The van der Waals surface area contributed by atoms with Gasteiger partial charge in [0, 0.05) is 26.4 Å². The third-order valence-corrected chi connectivity index (χ3v) is 3.37. The van der Waals surface area contributed by atoms with Gasteiger partial charge in [-0.3, -0.25) is 4.79 Å². The molecule has 0 heterocycles. The molecule has 96 valence electrons. The first kappa shape index (κ1) is 14.2. The largest absolute Gasteiger partial charge is 0.393 e. The van der Waals surface area contributed by atoms with Gasteiger partial charge < -0.3 is 10.6 Å². The lowest BCUT2D eigenvalue weighted by Gasteiger charge is -2.22. The maximum Gasteiger partial charge on any atom is 0.219 e. The van der Waals surface area contributed by atoms with E-state index in [2.05, 4.69) is 6.08 Å². The van der Waals surface area contributed by atoms with E-state index in [-0.39, 0.29) is 5.91 Å². The molecule has 0 spiro atoms. The van der Waals surface area contributed by atoms with E-state index >= 15 is 0 Å². The normalized spacial score (nSPS) is 15.2. The smallest absolute Gasteiger partial charge is 0.219 e. The van der Waals surface area contributed by atoms with Gasteiger partial charge >= 0.3 is 0 Å². The van der Waals surface area contributed by atoms with Gasteiger partial charge in [-0.15, -0.1) is 0 Å². The molecule has 1 rings (SSSR count). The average Bonchev–Trinajstić information content (AvgIpc) is 2.29. The molecule has 2 N–H and O–H groups in total. The van der Waals surface area contributed by atoms with E-state index in [9.17, 15) is 4.79 Å². The first-order valence-electron chi connectivity index (χ1n) is 6.31. The van der Waals surface area contributed by atoms with Crippen LogP contribution in [0.1, 0.15) is 45.4 Å². The van der Waals surface area contributed by atoms with Crippen LogP contribution in [0.15, 0.2) is 11.6 Å². The van der Waals surface area contributed by atoms with Crippen molar-refractivity contribution in [1.82, 2.24) is 4.90 Å². The Bertz CT molecular complexity index is 313. The van der Waals surface area contributed by atoms with E-state index in [0.717, 1.165) is 13.0 Å². The standard InChI is InChI=1S/C13H22N2OS/c1-11(16)15(10-8-13(14)17)9-7-12-5-3-2-4-6-12/h5H,2-4,6-10H2,1H3,(H2,14,17). The number of nitrogens with zero attached hydrogens (tertiary/aromatic N) is 1. The van der Waals surface area contributed by atoms with Gasteiger partial charge in [0.1, 0.15) is 0 Å². The maximum absolute atomic E-state index is 11.5. The average molecular weight is 254 g/mol. The van der Waals surface area contributed by atoms with Gasteiger partial charge in [-0.1, -0.05) is 23.9 Å². The summed E-state index contributed by atoms with van der Waals surface area (Å²) in [6.45, 7) is 3.05. The van der Waals surface area contributed by atoms with Gasteiger partial charge in [0.05, 0.1) is 4.99 Å². The second kappa shape index (κ2) is 7.43. The molecule has 1 aliphatic rings. The third-order valence-electron chi connectivity index (χ3n) is 3.16. The summed E-state index contributed by atoms with van der Waals surface area (Å²) < 4.78 is 0. The van der Waals surface area contributed by atoms with Crippen LogP contribution in [0.3, 0.4) is 0 Å². The zero-order chi connectivity index (χ0) is 12.7. The molecule has 0 saturated carbocycles. The summed E-state index contributed by atoms with van der Waals surface area (Å²) in [7, 11) is 0. The monoisotopic (exact) mass is 254 g/mol. The highest BCUT2D eigenvalue weighted by molar-refractivity contribution is 7.80. The first-order valence-corrected chi connectivity index (χ1v) is 6.72. The van der Waals surface area contributed by atoms with Gasteiger partial charge in [-0.2, -0.15) is 0 Å². The Hall–Kier alpha value is -0.900. The minimum Gasteiger partial charge on any atom is -0.393 e. The number of hydrogen-bond donors (Lipinski definition) is 1. The van der Waals surface area contributed by atoms with Crippen LogP contribution >= 0.6 is 12.2 Å². The first-order chi connectivity index (χ1) is 8.09. The molecular weight excluding hydrogens is 232 g/mol. The zero-order valence-corrected chi connectivity index (χ0v) is 11.4. The summed E-state index contributed by atoms with van der Waals surface area (Å²) in [5.41, 5.74) is 6.96. The van der Waals surface area contributed by atoms with Crippen molar-refractivity contribution >= 4 is 23.1 Å². The summed E-state index contributed by atoms with van der Waals surface area (Å²) in [6, 6.07) is 0. The molecule has 0 saturated heterocycles. The number of allylic oxidation sites excluding steroid dienone is 1. The molecule has 1 amide bonds. The van der Waals surface area contributed by atoms with E-state index in [1.165, 1.54) is 31.3 Å². The molecule has 1 aliphatic carbocycles. The number of carbonyl (C=O) groups excluding carboxylic acids is 1. The molecule has 0 radical (unpaired) electrons. The van der Waals surface area contributed by atoms with Gasteiger partial charge in [0.2, 0.25) is 5.91 Å². The van der Waals surface area contributed by atoms with Crippen molar-refractivity contribution in [2.24, 2.45) is 5.73 Å². The van der Waals surface area contributed by atoms with Crippen molar-refractivity contribution < 1.29 is 4.79 Å². The molecule has 0 unspecified atom stereocenters. The second-order valence-electron chi connectivity index (χ2n) is 4.58. The Morgan fingerprint density at radius 1 is 1.47 bits per heavy atom. The van der Waals surface area contributed by atoms with Gasteiger partial charge in [-0.05, 0) is 32.1 Å². The van der Waals surface area contributed by atoms with Crippen LogP contribution in [0, 0.1) is 0 Å². The number of carbonyl (C=O) groups is 1. The summed E-state index contributed by atoms with van der Waals surface area (Å²) in [5, 5.41) is 0. The van der Waals surface area contributed by atoms with Crippen molar-refractivity contribution in [3.8, 4) is 0 Å². The molecule has 0 atom stereocenters. The Morgan fingerprint density at radius 2 is 2.24 bits per heavy atom. The molecule has 0 fully saturated rings. The second-order valence-corrected chi connectivity index (χ2v) is 5.10. The van der Waals surface area contributed by atoms with E-state index in [1.54, 1.807) is 6.92 Å². The van der Waals surface area contributed by atoms with E-state index < -0.39 is 0 Å². The topological polar surface area (TPSA) is 46.3 Å². The fraction of sp³-hybridized carbons (Fsp3) is 0.692. The molecule has 0 aromatic carbocycles. The summed E-state index contributed by atoms with van der Waals surface area (Å²) in [6.07, 6.45) is 8.93. The summed E-state index contributed by atoms with van der Waals surface area (Å²) in [5.74, 6) is 0.109. The quantitative estimate of drug-likeness (QED) is 0.585. The van der Waals surface area contributed by atoms with Crippen LogP contribution < -0.4 is 5.73 Å². The third kappa shape index (κ3) is 5.82. The van der Waals surface area contributed by atoms with E-state index in [4.69, 9.17) is 18.0 Å². The van der Waals surface area contributed by atoms with Crippen LogP contribution in [0.2, 0.25) is 0 Å². The Morgan fingerprint density at radius 3 is 2.76 bits per heavy atom. The van der Waals surface area contributed by atoms with Crippen LogP contribution in [-0.2, 0) is 4.79 Å². The molecular formula is C13H22N2OS. The number of rotatable bonds is 6. The number of thiocarbonyl (C=S) groups is 1. The molecule has 0 bridgehead atoms. The minimum absolute atomic E-state index is 0.109. The number of amides is 1. The lowest BCUT2D eigenvalue weighted by Crippen LogP contribution is -2.33. The van der Waals surface area contributed by atoms with Crippen molar-refractivity contribution in [3.63, 3.8) is 0 Å². The molecule has 0 aromatic heterocycles. The van der Waals surface area contributed by atoms with Crippen LogP contribution in [0.5, 0.6) is 0 Å². The van der Waals surface area contributed by atoms with E-state index in [1.807, 2.05) is 4.90 Å². The van der Waals surface area contributed by atoms with Crippen molar-refractivity contribution in [2.45, 2.75) is 45.4 Å². The molecule has 17 heavy (non-hydrogen) atoms. The highest BCUT2D eigenvalue weighted by Gasteiger charge is 2.10. The number of hydrogen-bond acceptors (Lipinski definition) is 2. The predicted octanol–water partition coefficient (Wildman–Crippen LogP) is 2.40. The van der Waals surface area contributed by atoms with Crippen molar-refractivity contribution in [3.05, 3.63) is 11.6 Å². The van der Waals surface area contributed by atoms with Crippen molar-refractivity contribution in [2.75, 3.05) is 13.1 Å². The van der Waals surface area contributed by atoms with Gasteiger partial charge in [0.15, 0.2) is 0 Å². The minimum atomic E-state index is 0.109. The summed E-state index contributed by atoms with van der Waals surface area (Å²) >= 11 is 4.84. The summed E-state index contributed by atoms with van der Waals surface area (Å²) in [4.78, 5) is 13.8. The van der Waals surface area contributed by atoms with Gasteiger partial charge in [0.25, 0.3) is 0 Å². The highest BCUT2D eigenvalue weighted by Crippen LogP contribution is 2.20.